The predicted octanol–water partition coefficient (Wildman–Crippen LogP) is 5.42. The summed E-state index contributed by atoms with van der Waals surface area (Å²) < 4.78 is 5.53. The number of amides is 1. The lowest BCUT2D eigenvalue weighted by atomic mass is 10.2. The Bertz CT molecular complexity index is 956. The van der Waals surface area contributed by atoms with Crippen molar-refractivity contribution in [3.8, 4) is 5.75 Å². The molecule has 0 bridgehead atoms. The molecule has 0 fully saturated rings. The van der Waals surface area contributed by atoms with Gasteiger partial charge in [-0.25, -0.2) is 0 Å². The van der Waals surface area contributed by atoms with Gasteiger partial charge in [-0.2, -0.15) is 0 Å². The van der Waals surface area contributed by atoms with Crippen molar-refractivity contribution in [1.29, 1.82) is 0 Å². The van der Waals surface area contributed by atoms with E-state index in [2.05, 4.69) is 10.3 Å². The maximum absolute atomic E-state index is 12.0. The lowest BCUT2D eigenvalue weighted by molar-refractivity contribution is -0.118. The first kappa shape index (κ1) is 18.7. The summed E-state index contributed by atoms with van der Waals surface area (Å²) in [7, 11) is 0. The molecule has 27 heavy (non-hydrogen) atoms. The molecule has 3 rings (SSSR count). The molecule has 0 radical (unpaired) electrons. The second-order valence-electron chi connectivity index (χ2n) is 5.99. The molecule has 0 aromatic heterocycles. The first-order chi connectivity index (χ1) is 13.1. The molecule has 1 N–H and O–H groups in total. The number of aliphatic imine (C=N–C) groups is 1. The number of hydrogen-bond donors (Lipinski definition) is 1. The van der Waals surface area contributed by atoms with Crippen molar-refractivity contribution in [3.05, 3.63) is 88.9 Å². The van der Waals surface area contributed by atoms with E-state index in [1.807, 2.05) is 67.6 Å². The van der Waals surface area contributed by atoms with Crippen LogP contribution in [-0.2, 0) is 4.79 Å². The average Bonchev–Trinajstić information content (AvgIpc) is 2.66. The Kier molecular flexibility index (Phi) is 6.23. The molecule has 0 aliphatic heterocycles. The van der Waals surface area contributed by atoms with Crippen LogP contribution in [0.25, 0.3) is 0 Å². The van der Waals surface area contributed by atoms with Crippen LogP contribution in [0.3, 0.4) is 0 Å². The fraction of sp³-hybridized carbons (Fsp3) is 0.0909. The van der Waals surface area contributed by atoms with Gasteiger partial charge in [0.15, 0.2) is 6.61 Å². The molecule has 3 aromatic rings. The van der Waals surface area contributed by atoms with Gasteiger partial charge >= 0.3 is 0 Å². The van der Waals surface area contributed by atoms with Crippen LogP contribution in [0.1, 0.15) is 11.1 Å². The molecule has 0 saturated carbocycles. The lowest BCUT2D eigenvalue weighted by Gasteiger charge is -2.09. The van der Waals surface area contributed by atoms with Crippen LogP contribution in [0.15, 0.2) is 77.8 Å². The van der Waals surface area contributed by atoms with E-state index < -0.39 is 0 Å². The summed E-state index contributed by atoms with van der Waals surface area (Å²) >= 11 is 6.26. The maximum Gasteiger partial charge on any atom is 0.262 e. The molecule has 0 aliphatic rings. The number of anilines is 1. The Hall–Kier alpha value is -3.11. The zero-order valence-corrected chi connectivity index (χ0v) is 15.6. The predicted molar refractivity (Wildman–Crippen MR) is 110 cm³/mol. The molecule has 0 aliphatic carbocycles. The van der Waals surface area contributed by atoms with Gasteiger partial charge in [0.05, 0.1) is 10.7 Å². The minimum Gasteiger partial charge on any atom is -0.482 e. The average molecular weight is 379 g/mol. The van der Waals surface area contributed by atoms with E-state index in [-0.39, 0.29) is 12.5 Å². The van der Waals surface area contributed by atoms with E-state index in [9.17, 15) is 4.79 Å². The highest BCUT2D eigenvalue weighted by Crippen LogP contribution is 2.25. The Labute approximate surface area is 163 Å². The number of carbonyl (C=O) groups excluding carboxylic acids is 1. The molecule has 5 heteroatoms. The van der Waals surface area contributed by atoms with Crippen molar-refractivity contribution in [2.45, 2.75) is 6.92 Å². The topological polar surface area (TPSA) is 50.7 Å². The monoisotopic (exact) mass is 378 g/mol. The number of carbonyl (C=O) groups is 1. The van der Waals surface area contributed by atoms with Gasteiger partial charge in [0.2, 0.25) is 0 Å². The summed E-state index contributed by atoms with van der Waals surface area (Å²) in [6.45, 7) is 1.85. The number of aryl methyl sites for hydroxylation is 1. The highest BCUT2D eigenvalue weighted by atomic mass is 35.5. The van der Waals surface area contributed by atoms with Crippen molar-refractivity contribution in [2.75, 3.05) is 11.9 Å². The lowest BCUT2D eigenvalue weighted by Crippen LogP contribution is -2.20. The fourth-order valence-electron chi connectivity index (χ4n) is 2.44. The Balaban J connectivity index is 1.57. The first-order valence-electron chi connectivity index (χ1n) is 8.48. The number of nitrogens with zero attached hydrogens (tertiary/aromatic N) is 1. The maximum atomic E-state index is 12.0. The van der Waals surface area contributed by atoms with Crippen LogP contribution in [0, 0.1) is 6.92 Å². The molecule has 3 aromatic carbocycles. The minimum absolute atomic E-state index is 0.120. The van der Waals surface area contributed by atoms with Gasteiger partial charge < -0.3 is 10.1 Å². The summed E-state index contributed by atoms with van der Waals surface area (Å²) in [6.07, 6.45) is 1.73. The second-order valence-corrected chi connectivity index (χ2v) is 6.40. The van der Waals surface area contributed by atoms with E-state index >= 15 is 0 Å². The number of nitrogens with one attached hydrogen (secondary N) is 1. The van der Waals surface area contributed by atoms with Crippen molar-refractivity contribution >= 4 is 35.1 Å². The molecule has 0 unspecified atom stereocenters. The summed E-state index contributed by atoms with van der Waals surface area (Å²) in [5, 5.41) is 3.22. The van der Waals surface area contributed by atoms with E-state index in [4.69, 9.17) is 16.3 Å². The number of para-hydroxylation sites is 1. The minimum atomic E-state index is -0.244. The molecular weight excluding hydrogens is 360 g/mol. The van der Waals surface area contributed by atoms with Crippen molar-refractivity contribution in [1.82, 2.24) is 0 Å². The molecule has 136 valence electrons. The number of rotatable bonds is 6. The molecule has 0 atom stereocenters. The number of ether oxygens (including phenoxy) is 1. The van der Waals surface area contributed by atoms with Gasteiger partial charge in [0, 0.05) is 11.9 Å². The largest absolute Gasteiger partial charge is 0.482 e. The van der Waals surface area contributed by atoms with Crippen LogP contribution in [0.4, 0.5) is 11.4 Å². The molecule has 0 saturated heterocycles. The SMILES string of the molecule is Cc1cccc(NC(=O)COc2ccc(C=Nc3ccccc3)cc2Cl)c1. The Morgan fingerprint density at radius 3 is 2.63 bits per heavy atom. The zero-order valence-electron chi connectivity index (χ0n) is 14.9. The van der Waals surface area contributed by atoms with Crippen molar-refractivity contribution in [3.63, 3.8) is 0 Å². The molecular formula is C22H19ClN2O2. The zero-order chi connectivity index (χ0) is 19.1. The molecule has 1 amide bonds. The van der Waals surface area contributed by atoms with E-state index in [1.165, 1.54) is 0 Å². The van der Waals surface area contributed by atoms with Crippen LogP contribution in [0.5, 0.6) is 5.75 Å². The first-order valence-corrected chi connectivity index (χ1v) is 8.86. The molecule has 4 nitrogen and oxygen atoms in total. The molecule has 0 heterocycles. The van der Waals surface area contributed by atoms with Gasteiger partial charge in [-0.3, -0.25) is 9.79 Å². The van der Waals surface area contributed by atoms with E-state index in [0.717, 1.165) is 22.5 Å². The summed E-state index contributed by atoms with van der Waals surface area (Å²) in [5.41, 5.74) is 3.52. The van der Waals surface area contributed by atoms with Crippen LogP contribution < -0.4 is 10.1 Å². The fourth-order valence-corrected chi connectivity index (χ4v) is 2.68. The normalized spacial score (nSPS) is 10.7. The Morgan fingerprint density at radius 2 is 1.89 bits per heavy atom. The van der Waals surface area contributed by atoms with Gasteiger partial charge in [0.25, 0.3) is 5.91 Å². The smallest absolute Gasteiger partial charge is 0.262 e. The van der Waals surface area contributed by atoms with Crippen LogP contribution in [-0.4, -0.2) is 18.7 Å². The van der Waals surface area contributed by atoms with Gasteiger partial charge in [-0.15, -0.1) is 0 Å². The Morgan fingerprint density at radius 1 is 1.07 bits per heavy atom. The molecule has 0 spiro atoms. The van der Waals surface area contributed by atoms with Crippen LogP contribution in [0.2, 0.25) is 5.02 Å². The number of benzene rings is 3. The van der Waals surface area contributed by atoms with Gasteiger partial charge in [-0.05, 0) is 60.5 Å². The summed E-state index contributed by atoms with van der Waals surface area (Å²) in [6, 6.07) is 22.5. The summed E-state index contributed by atoms with van der Waals surface area (Å²) in [4.78, 5) is 16.4. The second kappa shape index (κ2) is 9.01. The standard InChI is InChI=1S/C22H19ClN2O2/c1-16-6-5-9-19(12-16)25-22(26)15-27-21-11-10-17(13-20(21)23)14-24-18-7-3-2-4-8-18/h2-14H,15H2,1H3,(H,25,26). The third-order valence-electron chi connectivity index (χ3n) is 3.74. The van der Waals surface area contributed by atoms with E-state index in [0.29, 0.717) is 10.8 Å². The highest BCUT2D eigenvalue weighted by molar-refractivity contribution is 6.32. The van der Waals surface area contributed by atoms with E-state index in [1.54, 1.807) is 18.3 Å². The number of halogens is 1. The quantitative estimate of drug-likeness (QED) is 0.582. The third kappa shape index (κ3) is 5.69. The summed E-state index contributed by atoms with van der Waals surface area (Å²) in [5.74, 6) is 0.208. The van der Waals surface area contributed by atoms with Crippen molar-refractivity contribution in [2.24, 2.45) is 4.99 Å². The van der Waals surface area contributed by atoms with Gasteiger partial charge in [-0.1, -0.05) is 41.9 Å². The van der Waals surface area contributed by atoms with Crippen molar-refractivity contribution < 1.29 is 9.53 Å². The third-order valence-corrected chi connectivity index (χ3v) is 4.03. The van der Waals surface area contributed by atoms with Crippen LogP contribution >= 0.6 is 11.6 Å². The van der Waals surface area contributed by atoms with Gasteiger partial charge in [0.1, 0.15) is 5.75 Å². The number of hydrogen-bond acceptors (Lipinski definition) is 3. The highest BCUT2D eigenvalue weighted by Gasteiger charge is 2.07.